The molecule has 0 saturated carbocycles. The molecule has 1 aromatic heterocycles. The highest BCUT2D eigenvalue weighted by molar-refractivity contribution is 8.00. The molecule has 1 aromatic rings. The first-order valence-electron chi connectivity index (χ1n) is 3.81. The maximum Gasteiger partial charge on any atom is 0.149 e. The highest BCUT2D eigenvalue weighted by atomic mass is 32.2. The van der Waals surface area contributed by atoms with Crippen molar-refractivity contribution in [2.75, 3.05) is 5.75 Å². The van der Waals surface area contributed by atoms with E-state index < -0.39 is 0 Å². The van der Waals surface area contributed by atoms with Crippen LogP contribution in [0.3, 0.4) is 0 Å². The molecule has 0 atom stereocenters. The molecule has 0 fully saturated rings. The minimum absolute atomic E-state index is 0.808. The summed E-state index contributed by atoms with van der Waals surface area (Å²) in [4.78, 5) is 4.19. The summed E-state index contributed by atoms with van der Waals surface area (Å²) in [5, 5.41) is 2.03. The van der Waals surface area contributed by atoms with Crippen molar-refractivity contribution in [3.63, 3.8) is 0 Å². The smallest absolute Gasteiger partial charge is 0.149 e. The third-order valence-corrected chi connectivity index (χ3v) is 3.33. The van der Waals surface area contributed by atoms with E-state index in [2.05, 4.69) is 18.8 Å². The molecule has 0 aliphatic rings. The van der Waals surface area contributed by atoms with E-state index in [0.29, 0.717) is 0 Å². The molecule has 0 saturated heterocycles. The van der Waals surface area contributed by atoms with Gasteiger partial charge in [0.15, 0.2) is 0 Å². The first kappa shape index (κ1) is 9.07. The van der Waals surface area contributed by atoms with Gasteiger partial charge in [-0.3, -0.25) is 0 Å². The van der Waals surface area contributed by atoms with Gasteiger partial charge in [-0.1, -0.05) is 25.6 Å². The molecule has 0 bridgehead atoms. The molecule has 1 heterocycles. The predicted octanol–water partition coefficient (Wildman–Crippen LogP) is 3.28. The van der Waals surface area contributed by atoms with Gasteiger partial charge in [0.2, 0.25) is 0 Å². The molecule has 0 N–H and O–H groups in total. The van der Waals surface area contributed by atoms with Gasteiger partial charge in [-0.2, -0.15) is 0 Å². The largest absolute Gasteiger partial charge is 0.238 e. The maximum absolute atomic E-state index is 4.19. The zero-order valence-electron chi connectivity index (χ0n) is 6.91. The SMILES string of the molecule is CC(C)CCSc1nccs1. The Morgan fingerprint density at radius 1 is 1.64 bits per heavy atom. The van der Waals surface area contributed by atoms with Gasteiger partial charge in [-0.05, 0) is 12.3 Å². The van der Waals surface area contributed by atoms with Crippen LogP contribution in [0.5, 0.6) is 0 Å². The molecule has 0 aliphatic carbocycles. The van der Waals surface area contributed by atoms with Gasteiger partial charge < -0.3 is 0 Å². The third kappa shape index (κ3) is 3.77. The van der Waals surface area contributed by atoms with Crippen molar-refractivity contribution in [3.8, 4) is 0 Å². The summed E-state index contributed by atoms with van der Waals surface area (Å²) in [7, 11) is 0. The average Bonchev–Trinajstić information content (AvgIpc) is 2.39. The Labute approximate surface area is 76.2 Å². The van der Waals surface area contributed by atoms with E-state index in [1.807, 2.05) is 23.3 Å². The van der Waals surface area contributed by atoms with Crippen molar-refractivity contribution >= 4 is 23.1 Å². The summed E-state index contributed by atoms with van der Waals surface area (Å²) in [6.07, 6.45) is 3.15. The first-order chi connectivity index (χ1) is 5.29. The Kier molecular flexibility index (Phi) is 3.94. The van der Waals surface area contributed by atoms with Crippen molar-refractivity contribution in [1.29, 1.82) is 0 Å². The molecular formula is C8H13NS2. The molecular weight excluding hydrogens is 174 g/mol. The van der Waals surface area contributed by atoms with Crippen LogP contribution in [0.1, 0.15) is 20.3 Å². The van der Waals surface area contributed by atoms with Crippen molar-refractivity contribution in [2.24, 2.45) is 5.92 Å². The standard InChI is InChI=1S/C8H13NS2/c1-7(2)3-5-10-8-9-4-6-11-8/h4,6-7H,3,5H2,1-2H3. The second kappa shape index (κ2) is 4.78. The zero-order valence-corrected chi connectivity index (χ0v) is 8.54. The minimum atomic E-state index is 0.808. The zero-order chi connectivity index (χ0) is 8.10. The second-order valence-electron chi connectivity index (χ2n) is 2.83. The summed E-state index contributed by atoms with van der Waals surface area (Å²) in [5.41, 5.74) is 0. The Balaban J connectivity index is 2.14. The van der Waals surface area contributed by atoms with Crippen molar-refractivity contribution in [1.82, 2.24) is 4.98 Å². The fraction of sp³-hybridized carbons (Fsp3) is 0.625. The van der Waals surface area contributed by atoms with Crippen LogP contribution in [0.4, 0.5) is 0 Å². The van der Waals surface area contributed by atoms with Crippen LogP contribution in [0.2, 0.25) is 0 Å². The van der Waals surface area contributed by atoms with Gasteiger partial charge in [0, 0.05) is 17.3 Å². The lowest BCUT2D eigenvalue weighted by Gasteiger charge is -2.00. The lowest BCUT2D eigenvalue weighted by atomic mass is 10.2. The fourth-order valence-corrected chi connectivity index (χ4v) is 2.61. The van der Waals surface area contributed by atoms with Crippen LogP contribution in [0.25, 0.3) is 0 Å². The summed E-state index contributed by atoms with van der Waals surface area (Å²) < 4.78 is 1.20. The summed E-state index contributed by atoms with van der Waals surface area (Å²) >= 11 is 3.59. The molecule has 0 unspecified atom stereocenters. The number of hydrogen-bond donors (Lipinski definition) is 0. The van der Waals surface area contributed by atoms with Crippen molar-refractivity contribution in [3.05, 3.63) is 11.6 Å². The summed E-state index contributed by atoms with van der Waals surface area (Å²) in [5.74, 6) is 2.01. The number of nitrogens with zero attached hydrogens (tertiary/aromatic N) is 1. The van der Waals surface area contributed by atoms with Crippen LogP contribution >= 0.6 is 23.1 Å². The number of thioether (sulfide) groups is 1. The lowest BCUT2D eigenvalue weighted by molar-refractivity contribution is 0.632. The quantitative estimate of drug-likeness (QED) is 0.671. The molecule has 0 amide bonds. The lowest BCUT2D eigenvalue weighted by Crippen LogP contribution is -1.88. The molecule has 1 rings (SSSR count). The second-order valence-corrected chi connectivity index (χ2v) is 5.07. The molecule has 3 heteroatoms. The predicted molar refractivity (Wildman–Crippen MR) is 52.3 cm³/mol. The van der Waals surface area contributed by atoms with Gasteiger partial charge in [0.05, 0.1) is 0 Å². The van der Waals surface area contributed by atoms with Crippen LogP contribution in [-0.2, 0) is 0 Å². The fourth-order valence-electron chi connectivity index (χ4n) is 0.664. The number of aromatic nitrogens is 1. The van der Waals surface area contributed by atoms with Gasteiger partial charge in [-0.15, -0.1) is 11.3 Å². The molecule has 1 nitrogen and oxygen atoms in total. The molecule has 0 spiro atoms. The Bertz CT molecular complexity index is 182. The van der Waals surface area contributed by atoms with E-state index in [0.717, 1.165) is 5.92 Å². The van der Waals surface area contributed by atoms with Gasteiger partial charge >= 0.3 is 0 Å². The monoisotopic (exact) mass is 187 g/mol. The minimum Gasteiger partial charge on any atom is -0.238 e. The first-order valence-corrected chi connectivity index (χ1v) is 5.68. The van der Waals surface area contributed by atoms with Gasteiger partial charge in [0.1, 0.15) is 4.34 Å². The highest BCUT2D eigenvalue weighted by Gasteiger charge is 1.97. The average molecular weight is 187 g/mol. The molecule has 62 valence electrons. The van der Waals surface area contributed by atoms with E-state index in [-0.39, 0.29) is 0 Å². The Morgan fingerprint density at radius 2 is 2.45 bits per heavy atom. The normalized spacial score (nSPS) is 10.8. The Hall–Kier alpha value is -0.0200. The number of rotatable bonds is 4. The molecule has 0 radical (unpaired) electrons. The van der Waals surface area contributed by atoms with E-state index in [4.69, 9.17) is 0 Å². The van der Waals surface area contributed by atoms with Gasteiger partial charge in [0.25, 0.3) is 0 Å². The third-order valence-electron chi connectivity index (χ3n) is 1.33. The van der Waals surface area contributed by atoms with E-state index in [1.165, 1.54) is 16.5 Å². The Morgan fingerprint density at radius 3 is 3.00 bits per heavy atom. The van der Waals surface area contributed by atoms with E-state index in [9.17, 15) is 0 Å². The molecule has 11 heavy (non-hydrogen) atoms. The highest BCUT2D eigenvalue weighted by Crippen LogP contribution is 2.21. The summed E-state index contributed by atoms with van der Waals surface area (Å²) in [6, 6.07) is 0. The molecule has 0 aliphatic heterocycles. The van der Waals surface area contributed by atoms with E-state index in [1.54, 1.807) is 11.3 Å². The maximum atomic E-state index is 4.19. The van der Waals surface area contributed by atoms with Crippen molar-refractivity contribution in [2.45, 2.75) is 24.6 Å². The topological polar surface area (TPSA) is 12.9 Å². The van der Waals surface area contributed by atoms with Crippen LogP contribution in [-0.4, -0.2) is 10.7 Å². The van der Waals surface area contributed by atoms with E-state index >= 15 is 0 Å². The molecule has 0 aromatic carbocycles. The van der Waals surface area contributed by atoms with Gasteiger partial charge in [-0.25, -0.2) is 4.98 Å². The summed E-state index contributed by atoms with van der Waals surface area (Å²) in [6.45, 7) is 4.50. The number of thiazole rings is 1. The van der Waals surface area contributed by atoms with Crippen LogP contribution < -0.4 is 0 Å². The van der Waals surface area contributed by atoms with Crippen molar-refractivity contribution < 1.29 is 0 Å². The number of hydrogen-bond acceptors (Lipinski definition) is 3. The van der Waals surface area contributed by atoms with Crippen LogP contribution in [0, 0.1) is 5.92 Å². The van der Waals surface area contributed by atoms with Crippen LogP contribution in [0.15, 0.2) is 15.9 Å².